The van der Waals surface area contributed by atoms with Crippen molar-refractivity contribution in [1.29, 1.82) is 0 Å². The van der Waals surface area contributed by atoms with E-state index in [1.807, 2.05) is 27.7 Å². The van der Waals surface area contributed by atoms with E-state index in [1.54, 1.807) is 7.11 Å². The summed E-state index contributed by atoms with van der Waals surface area (Å²) in [5, 5.41) is 0. The predicted molar refractivity (Wildman–Crippen MR) is 56.8 cm³/mol. The van der Waals surface area contributed by atoms with Crippen LogP contribution in [-0.2, 0) is 18.3 Å². The first-order valence-corrected chi connectivity index (χ1v) is 6.45. The molecule has 0 bridgehead atoms. The summed E-state index contributed by atoms with van der Waals surface area (Å²) < 4.78 is 27.5. The molecule has 0 amide bonds. The fourth-order valence-electron chi connectivity index (χ4n) is 0.843. The molecule has 0 fully saturated rings. The molecule has 0 rings (SSSR count). The summed E-state index contributed by atoms with van der Waals surface area (Å²) in [5.74, 6) is 0. The molecule has 0 aliphatic heterocycles. The standard InChI is InChI=1S/C9H21O4P/c1-8(2)13-14(10,9(3)4)12-7-6-11-5/h8-9H,6-7H2,1-5H3. The molecule has 0 radical (unpaired) electrons. The van der Waals surface area contributed by atoms with Crippen molar-refractivity contribution in [1.82, 2.24) is 0 Å². The fourth-order valence-corrected chi connectivity index (χ4v) is 2.36. The summed E-state index contributed by atoms with van der Waals surface area (Å²) in [5.41, 5.74) is -0.123. The Morgan fingerprint density at radius 3 is 2.07 bits per heavy atom. The second-order valence-electron chi connectivity index (χ2n) is 3.61. The molecule has 0 saturated carbocycles. The Morgan fingerprint density at radius 1 is 1.14 bits per heavy atom. The number of ether oxygens (including phenoxy) is 1. The lowest BCUT2D eigenvalue weighted by atomic mass is 10.5. The number of rotatable bonds is 7. The number of hydrogen-bond donors (Lipinski definition) is 0. The van der Waals surface area contributed by atoms with Gasteiger partial charge in [0.25, 0.3) is 0 Å². The highest BCUT2D eigenvalue weighted by atomic mass is 31.2. The van der Waals surface area contributed by atoms with Crippen molar-refractivity contribution in [2.24, 2.45) is 0 Å². The van der Waals surface area contributed by atoms with Crippen LogP contribution < -0.4 is 0 Å². The summed E-state index contributed by atoms with van der Waals surface area (Å²) in [6.07, 6.45) is -0.0919. The van der Waals surface area contributed by atoms with Gasteiger partial charge in [-0.1, -0.05) is 13.8 Å². The molecular weight excluding hydrogens is 203 g/mol. The topological polar surface area (TPSA) is 44.8 Å². The van der Waals surface area contributed by atoms with Crippen molar-refractivity contribution in [3.63, 3.8) is 0 Å². The second-order valence-corrected chi connectivity index (χ2v) is 6.20. The summed E-state index contributed by atoms with van der Waals surface area (Å²) in [7, 11) is -1.38. The zero-order valence-electron chi connectivity index (χ0n) is 9.65. The minimum absolute atomic E-state index is 0.0919. The molecule has 0 aromatic heterocycles. The Morgan fingerprint density at radius 2 is 1.71 bits per heavy atom. The second kappa shape index (κ2) is 6.57. The predicted octanol–water partition coefficient (Wildman–Crippen LogP) is 2.68. The molecule has 0 aliphatic rings. The molecule has 0 aliphatic carbocycles. The van der Waals surface area contributed by atoms with Gasteiger partial charge in [0, 0.05) is 7.11 Å². The van der Waals surface area contributed by atoms with E-state index in [2.05, 4.69) is 0 Å². The molecule has 0 aromatic carbocycles. The van der Waals surface area contributed by atoms with E-state index < -0.39 is 7.60 Å². The van der Waals surface area contributed by atoms with Crippen molar-refractivity contribution in [3.05, 3.63) is 0 Å². The van der Waals surface area contributed by atoms with Crippen LogP contribution in [0.3, 0.4) is 0 Å². The molecule has 1 atom stereocenters. The van der Waals surface area contributed by atoms with Crippen LogP contribution in [0.25, 0.3) is 0 Å². The van der Waals surface area contributed by atoms with Crippen LogP contribution in [-0.4, -0.2) is 32.1 Å². The van der Waals surface area contributed by atoms with Gasteiger partial charge >= 0.3 is 7.60 Å². The molecule has 86 valence electrons. The van der Waals surface area contributed by atoms with Crippen LogP contribution in [0, 0.1) is 0 Å². The minimum Gasteiger partial charge on any atom is -0.382 e. The summed E-state index contributed by atoms with van der Waals surface area (Å²) in [4.78, 5) is 0. The first kappa shape index (κ1) is 14.1. The van der Waals surface area contributed by atoms with E-state index in [9.17, 15) is 4.57 Å². The van der Waals surface area contributed by atoms with Crippen LogP contribution in [0.4, 0.5) is 0 Å². The van der Waals surface area contributed by atoms with E-state index in [4.69, 9.17) is 13.8 Å². The van der Waals surface area contributed by atoms with Crippen LogP contribution in [0.1, 0.15) is 27.7 Å². The van der Waals surface area contributed by atoms with Gasteiger partial charge in [-0.05, 0) is 13.8 Å². The quantitative estimate of drug-likeness (QED) is 0.492. The largest absolute Gasteiger partial charge is 0.382 e. The summed E-state index contributed by atoms with van der Waals surface area (Å²) in [6, 6.07) is 0. The molecule has 0 heterocycles. The minimum atomic E-state index is -2.96. The maximum absolute atomic E-state index is 12.1. The Kier molecular flexibility index (Phi) is 6.62. The van der Waals surface area contributed by atoms with Crippen LogP contribution >= 0.6 is 7.60 Å². The smallest absolute Gasteiger partial charge is 0.333 e. The maximum Gasteiger partial charge on any atom is 0.333 e. The van der Waals surface area contributed by atoms with Crippen LogP contribution in [0.2, 0.25) is 0 Å². The first-order chi connectivity index (χ1) is 6.42. The molecule has 14 heavy (non-hydrogen) atoms. The average molecular weight is 224 g/mol. The van der Waals surface area contributed by atoms with Crippen molar-refractivity contribution < 1.29 is 18.3 Å². The lowest BCUT2D eigenvalue weighted by Gasteiger charge is -2.23. The number of hydrogen-bond acceptors (Lipinski definition) is 4. The number of methoxy groups -OCH3 is 1. The highest BCUT2D eigenvalue weighted by Crippen LogP contribution is 2.53. The molecular formula is C9H21O4P. The van der Waals surface area contributed by atoms with Crippen molar-refractivity contribution in [3.8, 4) is 0 Å². The van der Waals surface area contributed by atoms with Crippen LogP contribution in [0.5, 0.6) is 0 Å². The van der Waals surface area contributed by atoms with Crippen molar-refractivity contribution in [2.45, 2.75) is 39.5 Å². The molecule has 0 N–H and O–H groups in total. The van der Waals surface area contributed by atoms with Gasteiger partial charge in [0.15, 0.2) is 0 Å². The summed E-state index contributed by atoms with van der Waals surface area (Å²) in [6.45, 7) is 8.08. The Labute approximate surface area is 86.5 Å². The average Bonchev–Trinajstić information content (AvgIpc) is 2.03. The van der Waals surface area contributed by atoms with Crippen molar-refractivity contribution in [2.75, 3.05) is 20.3 Å². The highest BCUT2D eigenvalue weighted by molar-refractivity contribution is 7.54. The van der Waals surface area contributed by atoms with Crippen LogP contribution in [0.15, 0.2) is 0 Å². The fraction of sp³-hybridized carbons (Fsp3) is 1.00. The van der Waals surface area contributed by atoms with Gasteiger partial charge in [0.1, 0.15) is 0 Å². The first-order valence-electron chi connectivity index (χ1n) is 4.84. The van der Waals surface area contributed by atoms with Gasteiger partial charge in [-0.2, -0.15) is 0 Å². The molecule has 0 spiro atoms. The lowest BCUT2D eigenvalue weighted by Crippen LogP contribution is -2.12. The van der Waals surface area contributed by atoms with E-state index in [0.717, 1.165) is 0 Å². The Balaban J connectivity index is 4.18. The monoisotopic (exact) mass is 224 g/mol. The third kappa shape index (κ3) is 5.11. The van der Waals surface area contributed by atoms with Gasteiger partial charge in [-0.15, -0.1) is 0 Å². The molecule has 0 saturated heterocycles. The Hall–Kier alpha value is 0.110. The molecule has 5 heteroatoms. The SMILES string of the molecule is COCCOP(=O)(OC(C)C)C(C)C. The Bertz CT molecular complexity index is 191. The molecule has 1 unspecified atom stereocenters. The zero-order valence-corrected chi connectivity index (χ0v) is 10.5. The van der Waals surface area contributed by atoms with Crippen molar-refractivity contribution >= 4 is 7.60 Å². The van der Waals surface area contributed by atoms with E-state index >= 15 is 0 Å². The van der Waals surface area contributed by atoms with E-state index in [0.29, 0.717) is 13.2 Å². The highest BCUT2D eigenvalue weighted by Gasteiger charge is 2.30. The van der Waals surface area contributed by atoms with E-state index in [1.165, 1.54) is 0 Å². The van der Waals surface area contributed by atoms with Gasteiger partial charge in [0.2, 0.25) is 0 Å². The zero-order chi connectivity index (χ0) is 11.2. The van der Waals surface area contributed by atoms with Gasteiger partial charge in [-0.25, -0.2) is 0 Å². The third-order valence-corrected chi connectivity index (χ3v) is 4.07. The van der Waals surface area contributed by atoms with E-state index in [-0.39, 0.29) is 11.8 Å². The molecule has 0 aromatic rings. The lowest BCUT2D eigenvalue weighted by molar-refractivity contribution is 0.115. The maximum atomic E-state index is 12.1. The van der Waals surface area contributed by atoms with Gasteiger partial charge < -0.3 is 13.8 Å². The third-order valence-electron chi connectivity index (χ3n) is 1.55. The van der Waals surface area contributed by atoms with Gasteiger partial charge in [0.05, 0.1) is 25.0 Å². The normalized spacial score (nSPS) is 16.2. The molecule has 4 nitrogen and oxygen atoms in total. The van der Waals surface area contributed by atoms with Gasteiger partial charge in [-0.3, -0.25) is 4.57 Å². The summed E-state index contributed by atoms with van der Waals surface area (Å²) >= 11 is 0.